The van der Waals surface area contributed by atoms with Gasteiger partial charge in [0.1, 0.15) is 11.3 Å². The highest BCUT2D eigenvalue weighted by Gasteiger charge is 2.40. The number of nitrogens with one attached hydrogen (secondary N) is 1. The van der Waals surface area contributed by atoms with E-state index in [-0.39, 0.29) is 12.5 Å². The van der Waals surface area contributed by atoms with Gasteiger partial charge < -0.3 is 20.1 Å². The number of carbonyl (C=O) groups is 3. The lowest BCUT2D eigenvalue weighted by Crippen LogP contribution is -2.56. The third-order valence-electron chi connectivity index (χ3n) is 5.07. The van der Waals surface area contributed by atoms with E-state index in [9.17, 15) is 19.5 Å². The summed E-state index contributed by atoms with van der Waals surface area (Å²) >= 11 is 0. The van der Waals surface area contributed by atoms with Crippen molar-refractivity contribution in [2.45, 2.75) is 50.5 Å². The zero-order chi connectivity index (χ0) is 18.6. The lowest BCUT2D eigenvalue weighted by atomic mass is 9.81. The maximum absolute atomic E-state index is 12.2. The van der Waals surface area contributed by atoms with Crippen LogP contribution in [0.3, 0.4) is 0 Å². The number of carboxylic acids is 1. The molecule has 26 heavy (non-hydrogen) atoms. The summed E-state index contributed by atoms with van der Waals surface area (Å²) in [7, 11) is 0. The topological polar surface area (TPSA) is 95.9 Å². The second-order valence-corrected chi connectivity index (χ2v) is 6.93. The molecule has 2 N–H and O–H groups in total. The molecule has 0 spiro atoms. The molecule has 2 aliphatic rings. The molecular weight excluding hydrogens is 336 g/mol. The van der Waals surface area contributed by atoms with Crippen molar-refractivity contribution < 1.29 is 24.2 Å². The molecule has 140 valence electrons. The molecule has 0 atom stereocenters. The molecule has 1 heterocycles. The second-order valence-electron chi connectivity index (χ2n) is 6.93. The van der Waals surface area contributed by atoms with E-state index in [0.717, 1.165) is 31.4 Å². The van der Waals surface area contributed by atoms with Gasteiger partial charge in [-0.15, -0.1) is 0 Å². The quantitative estimate of drug-likeness (QED) is 0.810. The number of hydrogen-bond donors (Lipinski definition) is 2. The van der Waals surface area contributed by atoms with Gasteiger partial charge >= 0.3 is 5.97 Å². The Morgan fingerprint density at radius 1 is 1.19 bits per heavy atom. The fraction of sp³-hybridized carbons (Fsp3) is 0.526. The summed E-state index contributed by atoms with van der Waals surface area (Å²) in [6.45, 7) is 0.427. The third-order valence-corrected chi connectivity index (χ3v) is 5.07. The van der Waals surface area contributed by atoms with Crippen LogP contribution in [0.5, 0.6) is 5.75 Å². The lowest BCUT2D eigenvalue weighted by molar-refractivity contribution is -0.149. The first-order valence-electron chi connectivity index (χ1n) is 9.08. The van der Waals surface area contributed by atoms with E-state index in [1.54, 1.807) is 23.1 Å². The van der Waals surface area contributed by atoms with E-state index in [4.69, 9.17) is 4.74 Å². The van der Waals surface area contributed by atoms with Gasteiger partial charge in [0.25, 0.3) is 5.91 Å². The fourth-order valence-electron chi connectivity index (χ4n) is 3.66. The number of carboxylic acid groups (broad SMARTS) is 1. The Bertz CT molecular complexity index is 697. The number of nitrogens with zero attached hydrogens (tertiary/aromatic N) is 1. The van der Waals surface area contributed by atoms with Crippen LogP contribution in [0, 0.1) is 0 Å². The highest BCUT2D eigenvalue weighted by molar-refractivity contribution is 5.95. The van der Waals surface area contributed by atoms with Crippen LogP contribution in [0.1, 0.15) is 44.9 Å². The molecule has 0 aromatic heterocycles. The van der Waals surface area contributed by atoms with Crippen molar-refractivity contribution in [3.63, 3.8) is 0 Å². The molecule has 1 aliphatic carbocycles. The zero-order valence-corrected chi connectivity index (χ0v) is 14.7. The molecule has 2 fully saturated rings. The maximum Gasteiger partial charge on any atom is 0.329 e. The predicted octanol–water partition coefficient (Wildman–Crippen LogP) is 2.10. The van der Waals surface area contributed by atoms with Gasteiger partial charge in [0.05, 0.1) is 0 Å². The number of anilines is 1. The summed E-state index contributed by atoms with van der Waals surface area (Å²) in [6, 6.07) is 7.04. The molecular formula is C19H24N2O5. The van der Waals surface area contributed by atoms with Gasteiger partial charge in [-0.25, -0.2) is 4.79 Å². The second kappa shape index (κ2) is 7.76. The number of hydrogen-bond acceptors (Lipinski definition) is 4. The molecule has 2 amide bonds. The van der Waals surface area contributed by atoms with E-state index in [1.807, 2.05) is 6.07 Å². The van der Waals surface area contributed by atoms with Gasteiger partial charge in [-0.3, -0.25) is 9.59 Å². The van der Waals surface area contributed by atoms with Gasteiger partial charge in [0.15, 0.2) is 6.61 Å². The van der Waals surface area contributed by atoms with Crippen LogP contribution < -0.4 is 15.0 Å². The average molecular weight is 360 g/mol. The summed E-state index contributed by atoms with van der Waals surface area (Å²) in [5.74, 6) is -0.872. The van der Waals surface area contributed by atoms with Crippen LogP contribution in [0.15, 0.2) is 24.3 Å². The van der Waals surface area contributed by atoms with Crippen LogP contribution >= 0.6 is 0 Å². The first-order valence-corrected chi connectivity index (χ1v) is 9.08. The summed E-state index contributed by atoms with van der Waals surface area (Å²) in [6.07, 6.45) is 4.84. The van der Waals surface area contributed by atoms with E-state index in [2.05, 4.69) is 5.32 Å². The Hall–Kier alpha value is -2.57. The maximum atomic E-state index is 12.2. The van der Waals surface area contributed by atoms with E-state index in [1.165, 1.54) is 0 Å². The Labute approximate surface area is 152 Å². The first kappa shape index (κ1) is 18.2. The molecule has 1 saturated carbocycles. The fourth-order valence-corrected chi connectivity index (χ4v) is 3.66. The van der Waals surface area contributed by atoms with E-state index < -0.39 is 17.4 Å². The third kappa shape index (κ3) is 3.98. The molecule has 1 aromatic carbocycles. The number of benzene rings is 1. The standard InChI is InChI=1S/C19H24N2O5/c22-16(20-19(18(24)25)9-2-1-3-10-19)13-26-15-7-4-6-14(12-15)21-11-5-8-17(21)23/h4,6-7,12H,1-3,5,8-11,13H2,(H,20,22)(H,24,25). The number of rotatable bonds is 6. The minimum absolute atomic E-state index is 0.0839. The van der Waals surface area contributed by atoms with Crippen molar-refractivity contribution in [2.75, 3.05) is 18.1 Å². The molecule has 0 radical (unpaired) electrons. The van der Waals surface area contributed by atoms with Gasteiger partial charge in [0, 0.05) is 24.7 Å². The minimum Gasteiger partial charge on any atom is -0.484 e. The van der Waals surface area contributed by atoms with Gasteiger partial charge in [-0.1, -0.05) is 25.3 Å². The smallest absolute Gasteiger partial charge is 0.329 e. The minimum atomic E-state index is -1.18. The number of ether oxygens (including phenoxy) is 1. The van der Waals surface area contributed by atoms with Gasteiger partial charge in [0.2, 0.25) is 5.91 Å². The molecule has 1 saturated heterocycles. The molecule has 1 aliphatic heterocycles. The highest BCUT2D eigenvalue weighted by atomic mass is 16.5. The molecule has 3 rings (SSSR count). The zero-order valence-electron chi connectivity index (χ0n) is 14.7. The van der Waals surface area contributed by atoms with Crippen molar-refractivity contribution in [3.8, 4) is 5.75 Å². The molecule has 7 nitrogen and oxygen atoms in total. The van der Waals surface area contributed by atoms with Crippen LogP contribution in [0.4, 0.5) is 5.69 Å². The SMILES string of the molecule is O=C(COc1cccc(N2CCCC2=O)c1)NC1(C(=O)O)CCCCC1. The van der Waals surface area contributed by atoms with E-state index >= 15 is 0 Å². The average Bonchev–Trinajstić information content (AvgIpc) is 3.07. The van der Waals surface area contributed by atoms with Gasteiger partial charge in [-0.05, 0) is 31.4 Å². The number of carbonyl (C=O) groups excluding carboxylic acids is 2. The largest absolute Gasteiger partial charge is 0.484 e. The van der Waals surface area contributed by atoms with Crippen LogP contribution in [-0.2, 0) is 14.4 Å². The summed E-state index contributed by atoms with van der Waals surface area (Å²) < 4.78 is 5.53. The monoisotopic (exact) mass is 360 g/mol. The Kier molecular flexibility index (Phi) is 5.44. The molecule has 1 aromatic rings. The molecule has 0 unspecified atom stereocenters. The Balaban J connectivity index is 1.59. The first-order chi connectivity index (χ1) is 12.5. The van der Waals surface area contributed by atoms with Crippen molar-refractivity contribution in [1.82, 2.24) is 5.32 Å². The highest BCUT2D eigenvalue weighted by Crippen LogP contribution is 2.29. The Morgan fingerprint density at radius 2 is 1.96 bits per heavy atom. The molecule has 0 bridgehead atoms. The van der Waals surface area contributed by atoms with Crippen molar-refractivity contribution in [3.05, 3.63) is 24.3 Å². The Morgan fingerprint density at radius 3 is 2.62 bits per heavy atom. The normalized spacial score (nSPS) is 19.2. The number of aliphatic carboxylic acids is 1. The van der Waals surface area contributed by atoms with Crippen molar-refractivity contribution in [1.29, 1.82) is 0 Å². The predicted molar refractivity (Wildman–Crippen MR) is 95.1 cm³/mol. The summed E-state index contributed by atoms with van der Waals surface area (Å²) in [5.41, 5.74) is -0.428. The number of amides is 2. The van der Waals surface area contributed by atoms with Crippen LogP contribution in [0.25, 0.3) is 0 Å². The summed E-state index contributed by atoms with van der Waals surface area (Å²) in [5, 5.41) is 12.2. The summed E-state index contributed by atoms with van der Waals surface area (Å²) in [4.78, 5) is 37.4. The van der Waals surface area contributed by atoms with Crippen LogP contribution in [-0.4, -0.2) is 41.6 Å². The molecule has 7 heteroatoms. The van der Waals surface area contributed by atoms with Crippen LogP contribution in [0.2, 0.25) is 0 Å². The van der Waals surface area contributed by atoms with Gasteiger partial charge in [-0.2, -0.15) is 0 Å². The van der Waals surface area contributed by atoms with Crippen molar-refractivity contribution >= 4 is 23.5 Å². The lowest BCUT2D eigenvalue weighted by Gasteiger charge is -2.33. The van der Waals surface area contributed by atoms with E-state index in [0.29, 0.717) is 31.6 Å². The van der Waals surface area contributed by atoms with Crippen molar-refractivity contribution in [2.24, 2.45) is 0 Å².